The Bertz CT molecular complexity index is 296. The van der Waals surface area contributed by atoms with Crippen molar-refractivity contribution in [3.05, 3.63) is 16.1 Å². The molecule has 0 aromatic carbocycles. The van der Waals surface area contributed by atoms with Crippen molar-refractivity contribution < 1.29 is 13.2 Å². The molecule has 0 radical (unpaired) electrons. The van der Waals surface area contributed by atoms with Crippen LogP contribution in [-0.4, -0.2) is 17.7 Å². The van der Waals surface area contributed by atoms with Crippen LogP contribution in [0.25, 0.3) is 0 Å². The zero-order valence-corrected chi connectivity index (χ0v) is 9.21. The highest BCUT2D eigenvalue weighted by atomic mass is 32.1. The van der Waals surface area contributed by atoms with E-state index in [0.717, 1.165) is 12.2 Å². The average molecular weight is 238 g/mol. The summed E-state index contributed by atoms with van der Waals surface area (Å²) in [5.41, 5.74) is 0.819. The van der Waals surface area contributed by atoms with E-state index in [1.54, 1.807) is 5.38 Å². The van der Waals surface area contributed by atoms with Gasteiger partial charge in [0.25, 0.3) is 0 Å². The van der Waals surface area contributed by atoms with Crippen LogP contribution in [0.4, 0.5) is 13.2 Å². The van der Waals surface area contributed by atoms with Crippen LogP contribution < -0.4 is 5.32 Å². The summed E-state index contributed by atoms with van der Waals surface area (Å²) in [5, 5.41) is 5.43. The molecule has 1 aromatic rings. The summed E-state index contributed by atoms with van der Waals surface area (Å²) in [6.07, 6.45) is -4.89. The van der Waals surface area contributed by atoms with Crippen LogP contribution in [0.1, 0.15) is 24.0 Å². The maximum Gasteiger partial charge on any atom is 0.389 e. The van der Waals surface area contributed by atoms with Gasteiger partial charge in [-0.3, -0.25) is 0 Å². The van der Waals surface area contributed by atoms with E-state index >= 15 is 0 Å². The second-order valence-corrected chi connectivity index (χ2v) is 4.07. The lowest BCUT2D eigenvalue weighted by atomic mass is 10.3. The standard InChI is InChI=1S/C9H13F3N2S/c1-2-13-5-7-6-15-8(14-7)3-4-9(10,11)12/h6,13H,2-5H2,1H3. The number of rotatable bonds is 5. The van der Waals surface area contributed by atoms with Crippen molar-refractivity contribution >= 4 is 11.3 Å². The molecule has 0 aliphatic carbocycles. The summed E-state index contributed by atoms with van der Waals surface area (Å²) in [4.78, 5) is 4.11. The van der Waals surface area contributed by atoms with E-state index < -0.39 is 12.6 Å². The first kappa shape index (κ1) is 12.4. The van der Waals surface area contributed by atoms with E-state index in [4.69, 9.17) is 0 Å². The predicted octanol–water partition coefficient (Wildman–Crippen LogP) is 2.75. The fourth-order valence-corrected chi connectivity index (χ4v) is 1.84. The van der Waals surface area contributed by atoms with E-state index in [1.807, 2.05) is 6.92 Å². The quantitative estimate of drug-likeness (QED) is 0.853. The van der Waals surface area contributed by atoms with Gasteiger partial charge in [0.2, 0.25) is 0 Å². The van der Waals surface area contributed by atoms with Gasteiger partial charge in [-0.05, 0) is 6.54 Å². The van der Waals surface area contributed by atoms with Gasteiger partial charge in [0.1, 0.15) is 0 Å². The first-order valence-electron chi connectivity index (χ1n) is 4.72. The highest BCUT2D eigenvalue weighted by Gasteiger charge is 2.27. The number of halogens is 3. The number of aromatic nitrogens is 1. The molecule has 0 bridgehead atoms. The third kappa shape index (κ3) is 5.13. The summed E-state index contributed by atoms with van der Waals surface area (Å²) < 4.78 is 35.7. The number of nitrogens with one attached hydrogen (secondary N) is 1. The minimum atomic E-state index is -4.09. The summed E-state index contributed by atoms with van der Waals surface area (Å²) in [7, 11) is 0. The van der Waals surface area contributed by atoms with Crippen LogP contribution in [-0.2, 0) is 13.0 Å². The Morgan fingerprint density at radius 1 is 1.47 bits per heavy atom. The Labute approximate surface area is 90.5 Å². The molecule has 0 aliphatic rings. The topological polar surface area (TPSA) is 24.9 Å². The van der Waals surface area contributed by atoms with Crippen molar-refractivity contribution in [2.75, 3.05) is 6.54 Å². The van der Waals surface area contributed by atoms with Gasteiger partial charge in [0.15, 0.2) is 0 Å². The van der Waals surface area contributed by atoms with Gasteiger partial charge in [-0.2, -0.15) is 13.2 Å². The second kappa shape index (κ2) is 5.46. The number of nitrogens with zero attached hydrogens (tertiary/aromatic N) is 1. The zero-order chi connectivity index (χ0) is 11.3. The van der Waals surface area contributed by atoms with Crippen molar-refractivity contribution in [1.82, 2.24) is 10.3 Å². The third-order valence-corrected chi connectivity index (χ3v) is 2.74. The van der Waals surface area contributed by atoms with Crippen LogP contribution in [0, 0.1) is 0 Å². The Kier molecular flexibility index (Phi) is 4.53. The maximum atomic E-state index is 11.9. The van der Waals surface area contributed by atoms with E-state index in [-0.39, 0.29) is 6.42 Å². The smallest absolute Gasteiger partial charge is 0.311 e. The molecule has 0 fully saturated rings. The molecule has 1 aromatic heterocycles. The van der Waals surface area contributed by atoms with Crippen molar-refractivity contribution in [2.45, 2.75) is 32.5 Å². The molecular formula is C9H13F3N2S. The monoisotopic (exact) mass is 238 g/mol. The number of alkyl halides is 3. The first-order valence-corrected chi connectivity index (χ1v) is 5.60. The molecule has 0 saturated carbocycles. The molecular weight excluding hydrogens is 225 g/mol. The first-order chi connectivity index (χ1) is 7.01. The van der Waals surface area contributed by atoms with E-state index in [9.17, 15) is 13.2 Å². The molecule has 1 N–H and O–H groups in total. The van der Waals surface area contributed by atoms with Gasteiger partial charge >= 0.3 is 6.18 Å². The molecule has 0 spiro atoms. The highest BCUT2D eigenvalue weighted by Crippen LogP contribution is 2.23. The van der Waals surface area contributed by atoms with Crippen LogP contribution in [0.15, 0.2) is 5.38 Å². The van der Waals surface area contributed by atoms with Crippen LogP contribution in [0.2, 0.25) is 0 Å². The zero-order valence-electron chi connectivity index (χ0n) is 8.40. The van der Waals surface area contributed by atoms with Gasteiger partial charge in [-0.15, -0.1) is 11.3 Å². The fourth-order valence-electron chi connectivity index (χ4n) is 1.05. The van der Waals surface area contributed by atoms with Crippen molar-refractivity contribution in [3.8, 4) is 0 Å². The van der Waals surface area contributed by atoms with Crippen molar-refractivity contribution in [3.63, 3.8) is 0 Å². The van der Waals surface area contributed by atoms with Crippen molar-refractivity contribution in [1.29, 1.82) is 0 Å². The van der Waals surface area contributed by atoms with E-state index in [0.29, 0.717) is 11.6 Å². The summed E-state index contributed by atoms with van der Waals surface area (Å²) >= 11 is 1.29. The second-order valence-electron chi connectivity index (χ2n) is 3.13. The molecule has 2 nitrogen and oxygen atoms in total. The maximum absolute atomic E-state index is 11.9. The molecule has 1 rings (SSSR count). The van der Waals surface area contributed by atoms with Gasteiger partial charge in [0.05, 0.1) is 10.7 Å². The van der Waals surface area contributed by atoms with Crippen molar-refractivity contribution in [2.24, 2.45) is 0 Å². The Hall–Kier alpha value is -0.620. The molecule has 0 unspecified atom stereocenters. The number of thiazole rings is 1. The Morgan fingerprint density at radius 2 is 2.20 bits per heavy atom. The normalized spacial score (nSPS) is 12.0. The number of aryl methyl sites for hydroxylation is 1. The van der Waals surface area contributed by atoms with E-state index in [2.05, 4.69) is 10.3 Å². The lowest BCUT2D eigenvalue weighted by Gasteiger charge is -2.02. The minimum Gasteiger partial charge on any atom is -0.311 e. The summed E-state index contributed by atoms with van der Waals surface area (Å²) in [6, 6.07) is 0. The van der Waals surface area contributed by atoms with E-state index in [1.165, 1.54) is 11.3 Å². The number of hydrogen-bond acceptors (Lipinski definition) is 3. The molecule has 6 heteroatoms. The molecule has 0 atom stereocenters. The molecule has 86 valence electrons. The minimum absolute atomic E-state index is 0.0136. The SMILES string of the molecule is CCNCc1csc(CCC(F)(F)F)n1. The predicted molar refractivity (Wildman–Crippen MR) is 53.9 cm³/mol. The van der Waals surface area contributed by atoms with Gasteiger partial charge in [0, 0.05) is 24.8 Å². The highest BCUT2D eigenvalue weighted by molar-refractivity contribution is 7.09. The molecule has 0 amide bonds. The van der Waals surface area contributed by atoms with Gasteiger partial charge in [-0.1, -0.05) is 6.92 Å². The largest absolute Gasteiger partial charge is 0.389 e. The summed E-state index contributed by atoms with van der Waals surface area (Å²) in [6.45, 7) is 3.42. The Morgan fingerprint density at radius 3 is 2.80 bits per heavy atom. The van der Waals surface area contributed by atoms with Crippen LogP contribution in [0.3, 0.4) is 0 Å². The van der Waals surface area contributed by atoms with Crippen LogP contribution >= 0.6 is 11.3 Å². The molecule has 15 heavy (non-hydrogen) atoms. The molecule has 0 saturated heterocycles. The molecule has 0 aliphatic heterocycles. The Balaban J connectivity index is 2.39. The van der Waals surface area contributed by atoms with Crippen LogP contribution in [0.5, 0.6) is 0 Å². The summed E-state index contributed by atoms with van der Waals surface area (Å²) in [5.74, 6) is 0. The fraction of sp³-hybridized carbons (Fsp3) is 0.667. The third-order valence-electron chi connectivity index (χ3n) is 1.78. The molecule has 1 heterocycles. The lowest BCUT2D eigenvalue weighted by Crippen LogP contribution is -2.12. The average Bonchev–Trinajstić information content (AvgIpc) is 2.58. The lowest BCUT2D eigenvalue weighted by molar-refractivity contribution is -0.134. The number of hydrogen-bond donors (Lipinski definition) is 1. The van der Waals surface area contributed by atoms with Gasteiger partial charge < -0.3 is 5.32 Å². The van der Waals surface area contributed by atoms with Gasteiger partial charge in [-0.25, -0.2) is 4.98 Å².